The number of carboxylic acids is 1. The van der Waals surface area contributed by atoms with Gasteiger partial charge in [-0.05, 0) is 5.92 Å². The van der Waals surface area contributed by atoms with Crippen LogP contribution >= 0.6 is 0 Å². The van der Waals surface area contributed by atoms with Crippen molar-refractivity contribution in [1.82, 2.24) is 4.90 Å². The lowest BCUT2D eigenvalue weighted by atomic mass is 10.0. The van der Waals surface area contributed by atoms with Gasteiger partial charge in [-0.25, -0.2) is 4.90 Å². The molecule has 0 rings (SSSR count). The summed E-state index contributed by atoms with van der Waals surface area (Å²) in [7, 11) is 0. The smallest absolute Gasteiger partial charge is 0.321 e. The fraction of sp³-hybridized carbons (Fsp3) is 0.857. The third-order valence-corrected chi connectivity index (χ3v) is 1.64. The number of carboxylic acid groups (broad SMARTS) is 1. The van der Waals surface area contributed by atoms with Crippen LogP contribution in [0.3, 0.4) is 0 Å². The number of nitrogens with zero attached hydrogens (tertiary/aromatic N) is 1. The number of hydrogen-bond acceptors (Lipinski definition) is 4. The summed E-state index contributed by atoms with van der Waals surface area (Å²) >= 11 is 0. The van der Waals surface area contributed by atoms with E-state index in [0.29, 0.717) is 0 Å². The van der Waals surface area contributed by atoms with Gasteiger partial charge in [-0.2, -0.15) is 0 Å². The van der Waals surface area contributed by atoms with Crippen molar-refractivity contribution < 1.29 is 20.1 Å². The molecule has 0 spiro atoms. The SMILES string of the molecule is CC(C)[C@H](C(=O)O)N(CO)CO. The molecule has 3 N–H and O–H groups in total. The van der Waals surface area contributed by atoms with E-state index in [2.05, 4.69) is 0 Å². The zero-order valence-corrected chi connectivity index (χ0v) is 7.27. The molecule has 0 aliphatic heterocycles. The average molecular weight is 177 g/mol. The van der Waals surface area contributed by atoms with Crippen molar-refractivity contribution in [2.45, 2.75) is 19.9 Å². The van der Waals surface area contributed by atoms with Crippen LogP contribution in [0.25, 0.3) is 0 Å². The normalized spacial score (nSPS) is 13.8. The molecule has 72 valence electrons. The number of aliphatic carboxylic acids is 1. The number of rotatable bonds is 5. The van der Waals surface area contributed by atoms with Gasteiger partial charge in [-0.3, -0.25) is 4.79 Å². The predicted molar refractivity (Wildman–Crippen MR) is 42.3 cm³/mol. The van der Waals surface area contributed by atoms with Crippen LogP contribution in [-0.4, -0.2) is 45.7 Å². The fourth-order valence-electron chi connectivity index (χ4n) is 1.08. The summed E-state index contributed by atoms with van der Waals surface area (Å²) < 4.78 is 0. The summed E-state index contributed by atoms with van der Waals surface area (Å²) in [6, 6.07) is -0.833. The first-order chi connectivity index (χ1) is 5.54. The standard InChI is InChI=1S/C7H15NO4/c1-5(2)6(7(11)12)8(3-9)4-10/h5-6,9-10H,3-4H2,1-2H3,(H,11,12)/t6-/m1/s1. The maximum absolute atomic E-state index is 10.6. The topological polar surface area (TPSA) is 81.0 Å². The lowest BCUT2D eigenvalue weighted by molar-refractivity contribution is -0.150. The van der Waals surface area contributed by atoms with Gasteiger partial charge in [0.05, 0.1) is 13.5 Å². The Morgan fingerprint density at radius 1 is 1.33 bits per heavy atom. The summed E-state index contributed by atoms with van der Waals surface area (Å²) in [6.45, 7) is 2.53. The van der Waals surface area contributed by atoms with Gasteiger partial charge in [0.1, 0.15) is 6.04 Å². The fourth-order valence-corrected chi connectivity index (χ4v) is 1.08. The van der Waals surface area contributed by atoms with E-state index in [4.69, 9.17) is 15.3 Å². The van der Waals surface area contributed by atoms with E-state index >= 15 is 0 Å². The third-order valence-electron chi connectivity index (χ3n) is 1.64. The van der Waals surface area contributed by atoms with E-state index in [0.717, 1.165) is 4.90 Å². The van der Waals surface area contributed by atoms with Crippen molar-refractivity contribution in [2.75, 3.05) is 13.5 Å². The summed E-state index contributed by atoms with van der Waals surface area (Å²) in [5.41, 5.74) is 0. The van der Waals surface area contributed by atoms with Gasteiger partial charge in [0, 0.05) is 0 Å². The van der Waals surface area contributed by atoms with Crippen molar-refractivity contribution in [3.8, 4) is 0 Å². The minimum absolute atomic E-state index is 0.151. The summed E-state index contributed by atoms with van der Waals surface area (Å²) in [5.74, 6) is -1.19. The van der Waals surface area contributed by atoms with E-state index in [1.807, 2.05) is 0 Å². The molecule has 0 aromatic heterocycles. The van der Waals surface area contributed by atoms with Gasteiger partial charge >= 0.3 is 5.97 Å². The Kier molecular flexibility index (Phi) is 4.80. The highest BCUT2D eigenvalue weighted by atomic mass is 16.4. The molecule has 0 fully saturated rings. The van der Waals surface area contributed by atoms with E-state index < -0.39 is 25.5 Å². The molecule has 0 aromatic rings. The van der Waals surface area contributed by atoms with Crippen molar-refractivity contribution in [1.29, 1.82) is 0 Å². The molecule has 0 radical (unpaired) electrons. The molecule has 0 saturated carbocycles. The first kappa shape index (κ1) is 11.4. The molecule has 5 heteroatoms. The van der Waals surface area contributed by atoms with Crippen molar-refractivity contribution in [3.63, 3.8) is 0 Å². The van der Waals surface area contributed by atoms with Gasteiger partial charge < -0.3 is 15.3 Å². The summed E-state index contributed by atoms with van der Waals surface area (Å²) in [6.07, 6.45) is 0. The first-order valence-corrected chi connectivity index (χ1v) is 3.73. The number of hydrogen-bond donors (Lipinski definition) is 3. The molecule has 1 atom stereocenters. The van der Waals surface area contributed by atoms with Gasteiger partial charge in [0.15, 0.2) is 0 Å². The van der Waals surface area contributed by atoms with E-state index in [9.17, 15) is 4.79 Å². The molecule has 0 unspecified atom stereocenters. The summed E-state index contributed by atoms with van der Waals surface area (Å²) in [4.78, 5) is 11.7. The maximum Gasteiger partial charge on any atom is 0.321 e. The van der Waals surface area contributed by atoms with E-state index in [1.165, 1.54) is 0 Å². The minimum atomic E-state index is -1.03. The van der Waals surface area contributed by atoms with Gasteiger partial charge in [-0.1, -0.05) is 13.8 Å². The van der Waals surface area contributed by atoms with Gasteiger partial charge in [0.2, 0.25) is 0 Å². The van der Waals surface area contributed by atoms with Crippen LogP contribution in [-0.2, 0) is 4.79 Å². The zero-order chi connectivity index (χ0) is 9.72. The van der Waals surface area contributed by atoms with Crippen LogP contribution < -0.4 is 0 Å². The number of aliphatic hydroxyl groups excluding tert-OH is 2. The molecule has 0 aliphatic carbocycles. The van der Waals surface area contributed by atoms with Gasteiger partial charge in [-0.15, -0.1) is 0 Å². The number of aliphatic hydroxyl groups is 2. The molecule has 0 saturated heterocycles. The highest BCUT2D eigenvalue weighted by Crippen LogP contribution is 2.09. The molecule has 0 amide bonds. The lowest BCUT2D eigenvalue weighted by Crippen LogP contribution is -2.45. The summed E-state index contributed by atoms with van der Waals surface area (Å²) in [5, 5.41) is 26.1. The van der Waals surface area contributed by atoms with Crippen molar-refractivity contribution in [3.05, 3.63) is 0 Å². The Balaban J connectivity index is 4.36. The Bertz CT molecular complexity index is 144. The third kappa shape index (κ3) is 2.77. The van der Waals surface area contributed by atoms with Crippen LogP contribution in [0, 0.1) is 5.92 Å². The number of carbonyl (C=O) groups is 1. The molecule has 0 aliphatic rings. The second kappa shape index (κ2) is 5.08. The van der Waals surface area contributed by atoms with Crippen LogP contribution in [0.2, 0.25) is 0 Å². The second-order valence-electron chi connectivity index (χ2n) is 2.90. The maximum atomic E-state index is 10.6. The molecule has 0 aromatic carbocycles. The molecule has 0 bridgehead atoms. The predicted octanol–water partition coefficient (Wildman–Crippen LogP) is -0.703. The Morgan fingerprint density at radius 3 is 1.83 bits per heavy atom. The molecule has 0 heterocycles. The van der Waals surface area contributed by atoms with E-state index in [1.54, 1.807) is 13.8 Å². The average Bonchev–Trinajstić information content (AvgIpc) is 1.98. The lowest BCUT2D eigenvalue weighted by Gasteiger charge is -2.27. The highest BCUT2D eigenvalue weighted by molar-refractivity contribution is 5.73. The van der Waals surface area contributed by atoms with Crippen LogP contribution in [0.5, 0.6) is 0 Å². The van der Waals surface area contributed by atoms with Crippen LogP contribution in [0.1, 0.15) is 13.8 Å². The molecule has 12 heavy (non-hydrogen) atoms. The van der Waals surface area contributed by atoms with Crippen molar-refractivity contribution in [2.24, 2.45) is 5.92 Å². The monoisotopic (exact) mass is 177 g/mol. The molecular weight excluding hydrogens is 162 g/mol. The minimum Gasteiger partial charge on any atom is -0.480 e. The van der Waals surface area contributed by atoms with E-state index in [-0.39, 0.29) is 5.92 Å². The molecular formula is C7H15NO4. The zero-order valence-electron chi connectivity index (χ0n) is 7.27. The Labute approximate surface area is 71.2 Å². The van der Waals surface area contributed by atoms with Gasteiger partial charge in [0.25, 0.3) is 0 Å². The largest absolute Gasteiger partial charge is 0.480 e. The quantitative estimate of drug-likeness (QED) is 0.484. The first-order valence-electron chi connectivity index (χ1n) is 3.73. The Hall–Kier alpha value is -0.650. The Morgan fingerprint density at radius 2 is 1.75 bits per heavy atom. The highest BCUT2D eigenvalue weighted by Gasteiger charge is 2.27. The van der Waals surface area contributed by atoms with Crippen LogP contribution in [0.15, 0.2) is 0 Å². The van der Waals surface area contributed by atoms with Crippen LogP contribution in [0.4, 0.5) is 0 Å². The van der Waals surface area contributed by atoms with Crippen molar-refractivity contribution >= 4 is 5.97 Å². The second-order valence-corrected chi connectivity index (χ2v) is 2.90. The molecule has 5 nitrogen and oxygen atoms in total.